The second kappa shape index (κ2) is 7.17. The van der Waals surface area contributed by atoms with Crippen molar-refractivity contribution in [1.29, 1.82) is 0 Å². The molecular weight excluding hydrogens is 280 g/mol. The van der Waals surface area contributed by atoms with E-state index in [2.05, 4.69) is 15.6 Å². The average molecular weight is 300 g/mol. The van der Waals surface area contributed by atoms with Gasteiger partial charge in [0.05, 0.1) is 18.0 Å². The summed E-state index contributed by atoms with van der Waals surface area (Å²) in [5.74, 6) is 0.242. The van der Waals surface area contributed by atoms with Crippen LogP contribution in [0.25, 0.3) is 5.69 Å². The first-order valence-electron chi connectivity index (χ1n) is 7.70. The Bertz CT molecular complexity index is 606. The van der Waals surface area contributed by atoms with Crippen LogP contribution >= 0.6 is 0 Å². The lowest BCUT2D eigenvalue weighted by Crippen LogP contribution is -2.24. The van der Waals surface area contributed by atoms with E-state index in [4.69, 9.17) is 4.74 Å². The zero-order chi connectivity index (χ0) is 15.2. The maximum absolute atomic E-state index is 11.9. The first-order chi connectivity index (χ1) is 10.8. The number of para-hydroxylation sites is 1. The van der Waals surface area contributed by atoms with Crippen LogP contribution in [0.15, 0.2) is 36.5 Å². The van der Waals surface area contributed by atoms with E-state index >= 15 is 0 Å². The van der Waals surface area contributed by atoms with Crippen molar-refractivity contribution in [2.45, 2.75) is 38.2 Å². The molecule has 6 heteroatoms. The molecular formula is C16H20N4O2. The van der Waals surface area contributed by atoms with E-state index in [9.17, 15) is 4.79 Å². The highest BCUT2D eigenvalue weighted by atomic mass is 16.5. The molecule has 0 radical (unpaired) electrons. The zero-order valence-corrected chi connectivity index (χ0v) is 12.4. The summed E-state index contributed by atoms with van der Waals surface area (Å²) in [5, 5.41) is 10.7. The van der Waals surface area contributed by atoms with E-state index < -0.39 is 0 Å². The molecule has 1 aromatic carbocycles. The van der Waals surface area contributed by atoms with E-state index in [1.807, 2.05) is 30.3 Å². The number of amides is 1. The quantitative estimate of drug-likeness (QED) is 0.921. The van der Waals surface area contributed by atoms with Crippen LogP contribution in [0.1, 0.15) is 32.1 Å². The number of aromatic nitrogens is 3. The summed E-state index contributed by atoms with van der Waals surface area (Å²) in [6, 6.07) is 9.63. The summed E-state index contributed by atoms with van der Waals surface area (Å²) in [5.41, 5.74) is 0.897. The topological polar surface area (TPSA) is 69.0 Å². The highest BCUT2D eigenvalue weighted by Crippen LogP contribution is 2.20. The molecule has 1 saturated carbocycles. The number of benzene rings is 1. The maximum Gasteiger partial charge on any atom is 0.251 e. The molecule has 1 N–H and O–H groups in total. The van der Waals surface area contributed by atoms with E-state index in [1.54, 1.807) is 10.9 Å². The Balaban J connectivity index is 1.50. The van der Waals surface area contributed by atoms with Gasteiger partial charge >= 0.3 is 0 Å². The number of nitrogens with zero attached hydrogens (tertiary/aromatic N) is 3. The summed E-state index contributed by atoms with van der Waals surface area (Å²) in [6.45, 7) is 0.0723. The van der Waals surface area contributed by atoms with E-state index in [0.717, 1.165) is 18.5 Å². The van der Waals surface area contributed by atoms with Gasteiger partial charge in [0, 0.05) is 0 Å². The predicted molar refractivity (Wildman–Crippen MR) is 82.8 cm³/mol. The van der Waals surface area contributed by atoms with Gasteiger partial charge < -0.3 is 10.1 Å². The lowest BCUT2D eigenvalue weighted by atomic mass is 9.98. The number of anilines is 1. The summed E-state index contributed by atoms with van der Waals surface area (Å²) >= 11 is 0. The molecule has 3 rings (SSSR count). The molecule has 1 amide bonds. The molecule has 1 fully saturated rings. The van der Waals surface area contributed by atoms with Crippen molar-refractivity contribution in [3.8, 4) is 5.69 Å². The van der Waals surface area contributed by atoms with Crippen LogP contribution in [-0.4, -0.2) is 33.6 Å². The first-order valence-corrected chi connectivity index (χ1v) is 7.70. The standard InChI is InChI=1S/C16H20N4O2/c21-16(12-22-14-9-5-2-6-10-14)17-15-11-20(19-18-15)13-7-3-1-4-8-13/h1,3-4,7-8,11,14H,2,5-6,9-10,12H2,(H,17,21). The van der Waals surface area contributed by atoms with Crippen molar-refractivity contribution in [2.24, 2.45) is 0 Å². The van der Waals surface area contributed by atoms with Gasteiger partial charge in [0.15, 0.2) is 5.82 Å². The fourth-order valence-corrected chi connectivity index (χ4v) is 2.63. The van der Waals surface area contributed by atoms with Crippen molar-refractivity contribution in [3.63, 3.8) is 0 Å². The maximum atomic E-state index is 11.9. The van der Waals surface area contributed by atoms with E-state index in [1.165, 1.54) is 19.3 Å². The average Bonchev–Trinajstić information content (AvgIpc) is 3.03. The van der Waals surface area contributed by atoms with Gasteiger partial charge in [0.2, 0.25) is 0 Å². The molecule has 1 heterocycles. The minimum Gasteiger partial charge on any atom is -0.368 e. The molecule has 116 valence electrons. The number of carbonyl (C=O) groups excluding carboxylic acids is 1. The van der Waals surface area contributed by atoms with Crippen molar-refractivity contribution in [1.82, 2.24) is 15.0 Å². The molecule has 6 nitrogen and oxygen atoms in total. The summed E-state index contributed by atoms with van der Waals surface area (Å²) in [6.07, 6.45) is 7.67. The molecule has 0 spiro atoms. The van der Waals surface area contributed by atoms with Gasteiger partial charge in [0.25, 0.3) is 5.91 Å². The van der Waals surface area contributed by atoms with Crippen molar-refractivity contribution < 1.29 is 9.53 Å². The molecule has 0 atom stereocenters. The van der Waals surface area contributed by atoms with Gasteiger partial charge in [-0.3, -0.25) is 4.79 Å². The van der Waals surface area contributed by atoms with Crippen LogP contribution in [0.5, 0.6) is 0 Å². The Hall–Kier alpha value is -2.21. The number of ether oxygens (including phenoxy) is 1. The second-order valence-electron chi connectivity index (χ2n) is 5.50. The molecule has 0 saturated heterocycles. The minimum atomic E-state index is -0.189. The van der Waals surface area contributed by atoms with Crippen molar-refractivity contribution in [2.75, 3.05) is 11.9 Å². The molecule has 1 aliphatic carbocycles. The number of carbonyl (C=O) groups is 1. The predicted octanol–water partition coefficient (Wildman–Crippen LogP) is 2.56. The lowest BCUT2D eigenvalue weighted by molar-refractivity contribution is -0.123. The lowest BCUT2D eigenvalue weighted by Gasteiger charge is -2.21. The number of nitrogens with one attached hydrogen (secondary N) is 1. The van der Waals surface area contributed by atoms with Crippen LogP contribution in [0.4, 0.5) is 5.82 Å². The highest BCUT2D eigenvalue weighted by molar-refractivity contribution is 5.90. The SMILES string of the molecule is O=C(COC1CCCCC1)Nc1cn(-c2ccccc2)nn1. The van der Waals surface area contributed by atoms with Gasteiger partial charge in [-0.25, -0.2) is 4.68 Å². The van der Waals surface area contributed by atoms with Crippen molar-refractivity contribution >= 4 is 11.7 Å². The van der Waals surface area contributed by atoms with Crippen LogP contribution < -0.4 is 5.32 Å². The number of hydrogen-bond donors (Lipinski definition) is 1. The van der Waals surface area contributed by atoms with Crippen LogP contribution in [-0.2, 0) is 9.53 Å². The molecule has 22 heavy (non-hydrogen) atoms. The van der Waals surface area contributed by atoms with Gasteiger partial charge in [-0.05, 0) is 25.0 Å². The van der Waals surface area contributed by atoms with Crippen LogP contribution in [0, 0.1) is 0 Å². The van der Waals surface area contributed by atoms with Gasteiger partial charge in [-0.15, -0.1) is 5.10 Å². The minimum absolute atomic E-state index is 0.0723. The van der Waals surface area contributed by atoms with Crippen LogP contribution in [0.3, 0.4) is 0 Å². The smallest absolute Gasteiger partial charge is 0.251 e. The Morgan fingerprint density at radius 3 is 2.77 bits per heavy atom. The summed E-state index contributed by atoms with van der Waals surface area (Å²) in [4.78, 5) is 11.9. The Morgan fingerprint density at radius 1 is 1.23 bits per heavy atom. The van der Waals surface area contributed by atoms with Crippen molar-refractivity contribution in [3.05, 3.63) is 36.5 Å². The summed E-state index contributed by atoms with van der Waals surface area (Å²) in [7, 11) is 0. The second-order valence-corrected chi connectivity index (χ2v) is 5.50. The van der Waals surface area contributed by atoms with Gasteiger partial charge in [0.1, 0.15) is 6.61 Å². The normalized spacial score (nSPS) is 15.6. The third-order valence-electron chi connectivity index (χ3n) is 3.78. The fraction of sp³-hybridized carbons (Fsp3) is 0.438. The monoisotopic (exact) mass is 300 g/mol. The van der Waals surface area contributed by atoms with E-state index in [-0.39, 0.29) is 18.6 Å². The van der Waals surface area contributed by atoms with E-state index in [0.29, 0.717) is 5.82 Å². The van der Waals surface area contributed by atoms with Gasteiger partial charge in [-0.1, -0.05) is 42.7 Å². The molecule has 1 aliphatic rings. The Labute approximate surface area is 129 Å². The first kappa shape index (κ1) is 14.7. The molecule has 1 aromatic heterocycles. The number of rotatable bonds is 5. The molecule has 2 aromatic rings. The zero-order valence-electron chi connectivity index (χ0n) is 12.4. The third-order valence-corrected chi connectivity index (χ3v) is 3.78. The number of hydrogen-bond acceptors (Lipinski definition) is 4. The van der Waals surface area contributed by atoms with Gasteiger partial charge in [-0.2, -0.15) is 0 Å². The van der Waals surface area contributed by atoms with Crippen LogP contribution in [0.2, 0.25) is 0 Å². The third kappa shape index (κ3) is 3.92. The molecule has 0 bridgehead atoms. The largest absolute Gasteiger partial charge is 0.368 e. The Kier molecular flexibility index (Phi) is 4.80. The summed E-state index contributed by atoms with van der Waals surface area (Å²) < 4.78 is 7.26. The fourth-order valence-electron chi connectivity index (χ4n) is 2.63. The molecule has 0 unspecified atom stereocenters. The molecule has 0 aliphatic heterocycles. The Morgan fingerprint density at radius 2 is 2.00 bits per heavy atom. The highest BCUT2D eigenvalue weighted by Gasteiger charge is 2.15.